The van der Waals surface area contributed by atoms with Crippen LogP contribution in [0, 0.1) is 5.92 Å². The van der Waals surface area contributed by atoms with Crippen LogP contribution < -0.4 is 5.32 Å². The highest BCUT2D eigenvalue weighted by atomic mass is 16.2. The van der Waals surface area contributed by atoms with Crippen LogP contribution in [0.5, 0.6) is 0 Å². The zero-order chi connectivity index (χ0) is 20.4. The van der Waals surface area contributed by atoms with Crippen LogP contribution in [-0.4, -0.2) is 78.2 Å². The summed E-state index contributed by atoms with van der Waals surface area (Å²) in [5.41, 5.74) is 1.99. The average Bonchev–Trinajstić information content (AvgIpc) is 3.22. The van der Waals surface area contributed by atoms with Crippen LogP contribution in [0.15, 0.2) is 24.3 Å². The van der Waals surface area contributed by atoms with Crippen LogP contribution in [-0.2, 0) is 20.8 Å². The van der Waals surface area contributed by atoms with Crippen molar-refractivity contribution >= 4 is 23.4 Å². The molecule has 0 aliphatic carbocycles. The summed E-state index contributed by atoms with van der Waals surface area (Å²) in [6.07, 6.45) is 3.11. The van der Waals surface area contributed by atoms with E-state index in [0.717, 1.165) is 50.3 Å². The standard InChI is InChI=1S/C22H30N4O3/c1-24-11-13-25(14-12-24)22(29)19-7-4-10-26(19)20(27)9-8-17-15-16-5-2-3-6-18(16)23-21(17)28/h2-3,5-6,17,19H,4,7-15H2,1H3,(H,23,28)/t17-,19-/m1/s1. The number of carbonyl (C=O) groups is 3. The fourth-order valence-electron chi connectivity index (χ4n) is 4.65. The number of benzene rings is 1. The summed E-state index contributed by atoms with van der Waals surface area (Å²) in [4.78, 5) is 44.1. The van der Waals surface area contributed by atoms with Crippen LogP contribution in [0.1, 0.15) is 31.2 Å². The van der Waals surface area contributed by atoms with Gasteiger partial charge in [0, 0.05) is 50.7 Å². The number of hydrogen-bond acceptors (Lipinski definition) is 4. The number of carbonyl (C=O) groups excluding carboxylic acids is 3. The SMILES string of the molecule is CN1CCN(C(=O)[C@H]2CCCN2C(=O)CC[C@@H]2Cc3ccccc3NC2=O)CC1. The highest BCUT2D eigenvalue weighted by Gasteiger charge is 2.37. The van der Waals surface area contributed by atoms with Crippen LogP contribution >= 0.6 is 0 Å². The second-order valence-corrected chi connectivity index (χ2v) is 8.46. The first kappa shape index (κ1) is 19.9. The molecule has 3 aliphatic rings. The number of rotatable bonds is 4. The molecule has 4 rings (SSSR count). The van der Waals surface area contributed by atoms with Crippen molar-refractivity contribution in [2.45, 2.75) is 38.1 Å². The van der Waals surface area contributed by atoms with Crippen molar-refractivity contribution < 1.29 is 14.4 Å². The predicted molar refractivity (Wildman–Crippen MR) is 110 cm³/mol. The van der Waals surface area contributed by atoms with Crippen LogP contribution in [0.4, 0.5) is 5.69 Å². The Kier molecular flexibility index (Phi) is 5.85. The van der Waals surface area contributed by atoms with E-state index in [1.54, 1.807) is 4.90 Å². The third kappa shape index (κ3) is 4.29. The van der Waals surface area contributed by atoms with E-state index in [-0.39, 0.29) is 29.7 Å². The fraction of sp³-hybridized carbons (Fsp3) is 0.591. The first-order valence-corrected chi connectivity index (χ1v) is 10.7. The van der Waals surface area contributed by atoms with Gasteiger partial charge in [0.15, 0.2) is 0 Å². The molecule has 2 fully saturated rings. The number of likely N-dealkylation sites (tertiary alicyclic amines) is 1. The average molecular weight is 399 g/mol. The van der Waals surface area contributed by atoms with E-state index in [0.29, 0.717) is 25.8 Å². The number of likely N-dealkylation sites (N-methyl/N-ethyl adjacent to an activating group) is 1. The fourth-order valence-corrected chi connectivity index (χ4v) is 4.65. The van der Waals surface area contributed by atoms with Gasteiger partial charge in [0.05, 0.1) is 0 Å². The molecule has 7 nitrogen and oxygen atoms in total. The zero-order valence-corrected chi connectivity index (χ0v) is 17.1. The normalized spacial score (nSPS) is 24.9. The lowest BCUT2D eigenvalue weighted by molar-refractivity contribution is -0.145. The van der Waals surface area contributed by atoms with E-state index >= 15 is 0 Å². The second kappa shape index (κ2) is 8.53. The molecule has 2 saturated heterocycles. The lowest BCUT2D eigenvalue weighted by atomic mass is 9.89. The van der Waals surface area contributed by atoms with Gasteiger partial charge in [-0.15, -0.1) is 0 Å². The molecule has 3 aliphatic heterocycles. The summed E-state index contributed by atoms with van der Waals surface area (Å²) in [7, 11) is 2.06. The Labute approximate surface area is 172 Å². The van der Waals surface area contributed by atoms with E-state index in [9.17, 15) is 14.4 Å². The number of nitrogens with zero attached hydrogens (tertiary/aromatic N) is 3. The first-order valence-electron chi connectivity index (χ1n) is 10.7. The Hall–Kier alpha value is -2.41. The van der Waals surface area contributed by atoms with Crippen LogP contribution in [0.2, 0.25) is 0 Å². The highest BCUT2D eigenvalue weighted by Crippen LogP contribution is 2.28. The molecule has 7 heteroatoms. The number of para-hydroxylation sites is 1. The minimum Gasteiger partial charge on any atom is -0.338 e. The van der Waals surface area contributed by atoms with Crippen LogP contribution in [0.3, 0.4) is 0 Å². The van der Waals surface area contributed by atoms with Gasteiger partial charge in [-0.3, -0.25) is 14.4 Å². The smallest absolute Gasteiger partial charge is 0.245 e. The van der Waals surface area contributed by atoms with Crippen LogP contribution in [0.25, 0.3) is 0 Å². The number of hydrogen-bond donors (Lipinski definition) is 1. The summed E-state index contributed by atoms with van der Waals surface area (Å²) >= 11 is 0. The Morgan fingerprint density at radius 3 is 2.66 bits per heavy atom. The Balaban J connectivity index is 1.33. The third-order valence-electron chi connectivity index (χ3n) is 6.49. The summed E-state index contributed by atoms with van der Waals surface area (Å²) in [6.45, 7) is 3.86. The van der Waals surface area contributed by atoms with Gasteiger partial charge in [-0.2, -0.15) is 0 Å². The monoisotopic (exact) mass is 398 g/mol. The molecule has 0 radical (unpaired) electrons. The molecule has 29 heavy (non-hydrogen) atoms. The minimum absolute atomic E-state index is 0.00151. The van der Waals surface area contributed by atoms with E-state index in [4.69, 9.17) is 0 Å². The van der Waals surface area contributed by atoms with Gasteiger partial charge in [-0.05, 0) is 44.4 Å². The second-order valence-electron chi connectivity index (χ2n) is 8.46. The maximum atomic E-state index is 13.0. The lowest BCUT2D eigenvalue weighted by Gasteiger charge is -2.36. The minimum atomic E-state index is -0.327. The molecule has 3 heterocycles. The summed E-state index contributed by atoms with van der Waals surface area (Å²) in [6, 6.07) is 7.49. The molecule has 0 aromatic heterocycles. The van der Waals surface area contributed by atoms with E-state index in [1.165, 1.54) is 0 Å². The lowest BCUT2D eigenvalue weighted by Crippen LogP contribution is -2.53. The summed E-state index contributed by atoms with van der Waals surface area (Å²) < 4.78 is 0. The number of fused-ring (bicyclic) bond motifs is 1. The molecule has 0 bridgehead atoms. The number of amides is 3. The quantitative estimate of drug-likeness (QED) is 0.831. The summed E-state index contributed by atoms with van der Waals surface area (Å²) in [5, 5.41) is 2.95. The molecule has 2 atom stereocenters. The molecule has 0 unspecified atom stereocenters. The van der Waals surface area contributed by atoms with Crippen molar-refractivity contribution in [3.05, 3.63) is 29.8 Å². The van der Waals surface area contributed by atoms with Gasteiger partial charge >= 0.3 is 0 Å². The van der Waals surface area contributed by atoms with Gasteiger partial charge < -0.3 is 20.0 Å². The van der Waals surface area contributed by atoms with Crippen molar-refractivity contribution in [1.82, 2.24) is 14.7 Å². The Morgan fingerprint density at radius 2 is 1.86 bits per heavy atom. The molecule has 156 valence electrons. The maximum absolute atomic E-state index is 13.0. The molecule has 1 aromatic carbocycles. The van der Waals surface area contributed by atoms with Crippen molar-refractivity contribution in [2.75, 3.05) is 45.1 Å². The molecule has 1 N–H and O–H groups in total. The van der Waals surface area contributed by atoms with Gasteiger partial charge in [0.1, 0.15) is 6.04 Å². The predicted octanol–water partition coefficient (Wildman–Crippen LogP) is 1.34. The molecule has 1 aromatic rings. The molecular weight excluding hydrogens is 368 g/mol. The molecule has 0 saturated carbocycles. The van der Waals surface area contributed by atoms with E-state index in [1.807, 2.05) is 29.2 Å². The van der Waals surface area contributed by atoms with E-state index < -0.39 is 0 Å². The number of anilines is 1. The molecule has 3 amide bonds. The molecule has 0 spiro atoms. The third-order valence-corrected chi connectivity index (χ3v) is 6.49. The largest absolute Gasteiger partial charge is 0.338 e. The van der Waals surface area contributed by atoms with Crippen molar-refractivity contribution in [1.29, 1.82) is 0 Å². The van der Waals surface area contributed by atoms with Crippen molar-refractivity contribution in [3.63, 3.8) is 0 Å². The van der Waals surface area contributed by atoms with Gasteiger partial charge in [-0.1, -0.05) is 18.2 Å². The number of piperazine rings is 1. The van der Waals surface area contributed by atoms with Crippen molar-refractivity contribution in [2.24, 2.45) is 5.92 Å². The van der Waals surface area contributed by atoms with Gasteiger partial charge in [0.2, 0.25) is 17.7 Å². The zero-order valence-electron chi connectivity index (χ0n) is 17.1. The highest BCUT2D eigenvalue weighted by molar-refractivity contribution is 5.96. The maximum Gasteiger partial charge on any atom is 0.245 e. The van der Waals surface area contributed by atoms with Gasteiger partial charge in [0.25, 0.3) is 0 Å². The molecular formula is C22H30N4O3. The Bertz CT molecular complexity index is 788. The van der Waals surface area contributed by atoms with E-state index in [2.05, 4.69) is 17.3 Å². The van der Waals surface area contributed by atoms with Crippen molar-refractivity contribution in [3.8, 4) is 0 Å². The topological polar surface area (TPSA) is 73.0 Å². The number of nitrogens with one attached hydrogen (secondary N) is 1. The Morgan fingerprint density at radius 1 is 1.10 bits per heavy atom. The summed E-state index contributed by atoms with van der Waals surface area (Å²) in [5.74, 6) is -0.110. The van der Waals surface area contributed by atoms with Gasteiger partial charge in [-0.25, -0.2) is 0 Å². The first-order chi connectivity index (χ1) is 14.0.